The van der Waals surface area contributed by atoms with Gasteiger partial charge in [-0.2, -0.15) is 4.98 Å². The summed E-state index contributed by atoms with van der Waals surface area (Å²) in [7, 11) is 0. The van der Waals surface area contributed by atoms with Crippen LogP contribution in [-0.2, 0) is 6.42 Å². The Bertz CT molecular complexity index is 1190. The van der Waals surface area contributed by atoms with Crippen LogP contribution in [0.3, 0.4) is 0 Å². The lowest BCUT2D eigenvalue weighted by Crippen LogP contribution is -2.32. The molecule has 1 N–H and O–H groups in total. The van der Waals surface area contributed by atoms with Crippen molar-refractivity contribution in [3.05, 3.63) is 89.7 Å². The minimum absolute atomic E-state index is 0.367. The minimum atomic E-state index is 0.367. The van der Waals surface area contributed by atoms with E-state index in [0.717, 1.165) is 42.9 Å². The molecule has 5 rings (SSSR count). The van der Waals surface area contributed by atoms with Crippen molar-refractivity contribution in [1.82, 2.24) is 20.2 Å². The van der Waals surface area contributed by atoms with E-state index in [4.69, 9.17) is 16.6 Å². The molecule has 0 aliphatic carbocycles. The van der Waals surface area contributed by atoms with Gasteiger partial charge in [-0.1, -0.05) is 72.3 Å². The second-order valence-electron chi connectivity index (χ2n) is 7.85. The normalized spacial score (nSPS) is 15.7. The largest absolute Gasteiger partial charge is 0.337 e. The third kappa shape index (κ3) is 4.55. The number of aromatic nitrogens is 4. The lowest BCUT2D eigenvalue weighted by atomic mass is 10.0. The number of hydrogen-bond donors (Lipinski definition) is 1. The van der Waals surface area contributed by atoms with Gasteiger partial charge in [0.25, 0.3) is 0 Å². The Morgan fingerprint density at radius 3 is 2.53 bits per heavy atom. The number of benzene rings is 2. The van der Waals surface area contributed by atoms with Crippen LogP contribution in [0.2, 0.25) is 5.15 Å². The summed E-state index contributed by atoms with van der Waals surface area (Å²) < 4.78 is 0. The third-order valence-corrected chi connectivity index (χ3v) is 5.96. The Balaban J connectivity index is 1.36. The standard InChI is InChI=1S/C25H23ClN6/c26-24-21(19-10-5-2-6-11-19)17-23(30-31-24)28-22-13-14-27-25(29-22)32-15-7-12-20(32)16-18-8-3-1-4-9-18/h1-6,8-11,13-14,17,20H,7,12,15-16H2,(H,27,28,29,30)/t20-/m0/s1. The summed E-state index contributed by atoms with van der Waals surface area (Å²) in [5.74, 6) is 2.00. The van der Waals surface area contributed by atoms with Gasteiger partial charge in [0, 0.05) is 24.3 Å². The first kappa shape index (κ1) is 20.4. The van der Waals surface area contributed by atoms with Gasteiger partial charge in [-0.15, -0.1) is 10.2 Å². The monoisotopic (exact) mass is 442 g/mol. The minimum Gasteiger partial charge on any atom is -0.337 e. The van der Waals surface area contributed by atoms with Crippen LogP contribution in [0, 0.1) is 0 Å². The summed E-state index contributed by atoms with van der Waals surface area (Å²) in [6.07, 6.45) is 5.05. The lowest BCUT2D eigenvalue weighted by Gasteiger charge is -2.25. The summed E-state index contributed by atoms with van der Waals surface area (Å²) in [5, 5.41) is 11.9. The van der Waals surface area contributed by atoms with Crippen molar-refractivity contribution in [2.24, 2.45) is 0 Å². The van der Waals surface area contributed by atoms with Gasteiger partial charge in [-0.3, -0.25) is 0 Å². The predicted molar refractivity (Wildman–Crippen MR) is 128 cm³/mol. The van der Waals surface area contributed by atoms with E-state index >= 15 is 0 Å². The number of halogens is 1. The van der Waals surface area contributed by atoms with Gasteiger partial charge in [-0.25, -0.2) is 4.98 Å². The highest BCUT2D eigenvalue weighted by Gasteiger charge is 2.27. The fourth-order valence-electron chi connectivity index (χ4n) is 4.14. The van der Waals surface area contributed by atoms with E-state index in [2.05, 4.69) is 55.7 Å². The molecular formula is C25H23ClN6. The quantitative estimate of drug-likeness (QED) is 0.422. The van der Waals surface area contributed by atoms with Gasteiger partial charge in [0.05, 0.1) is 0 Å². The second-order valence-corrected chi connectivity index (χ2v) is 8.20. The van der Waals surface area contributed by atoms with Gasteiger partial charge < -0.3 is 10.2 Å². The molecule has 1 aliphatic rings. The van der Waals surface area contributed by atoms with Crippen molar-refractivity contribution in [2.45, 2.75) is 25.3 Å². The molecule has 32 heavy (non-hydrogen) atoms. The maximum absolute atomic E-state index is 6.29. The van der Waals surface area contributed by atoms with Crippen LogP contribution >= 0.6 is 11.6 Å². The van der Waals surface area contributed by atoms with Crippen LogP contribution in [0.25, 0.3) is 11.1 Å². The molecule has 7 heteroatoms. The molecule has 1 fully saturated rings. The van der Waals surface area contributed by atoms with E-state index in [0.29, 0.717) is 22.8 Å². The van der Waals surface area contributed by atoms with E-state index in [1.807, 2.05) is 42.5 Å². The van der Waals surface area contributed by atoms with Gasteiger partial charge in [-0.05, 0) is 42.5 Å². The number of rotatable bonds is 6. The molecule has 4 aromatic rings. The van der Waals surface area contributed by atoms with E-state index in [1.165, 1.54) is 5.56 Å². The van der Waals surface area contributed by atoms with Gasteiger partial charge >= 0.3 is 0 Å². The van der Waals surface area contributed by atoms with Gasteiger partial charge in [0.2, 0.25) is 5.95 Å². The van der Waals surface area contributed by atoms with Crippen LogP contribution in [-0.4, -0.2) is 32.8 Å². The fraction of sp³-hybridized carbons (Fsp3) is 0.200. The molecular weight excluding hydrogens is 420 g/mol. The average molecular weight is 443 g/mol. The van der Waals surface area contributed by atoms with Crippen LogP contribution < -0.4 is 10.2 Å². The van der Waals surface area contributed by atoms with E-state index in [1.54, 1.807) is 6.20 Å². The van der Waals surface area contributed by atoms with Crippen LogP contribution in [0.5, 0.6) is 0 Å². The van der Waals surface area contributed by atoms with Crippen molar-refractivity contribution in [2.75, 3.05) is 16.8 Å². The third-order valence-electron chi connectivity index (χ3n) is 5.68. The van der Waals surface area contributed by atoms with Crippen LogP contribution in [0.1, 0.15) is 18.4 Å². The summed E-state index contributed by atoms with van der Waals surface area (Å²) in [6.45, 7) is 0.958. The molecule has 0 bridgehead atoms. The summed E-state index contributed by atoms with van der Waals surface area (Å²) in [5.41, 5.74) is 3.14. The Labute approximate surface area is 192 Å². The van der Waals surface area contributed by atoms with E-state index in [9.17, 15) is 0 Å². The predicted octanol–water partition coefficient (Wildman–Crippen LogP) is 5.54. The SMILES string of the molecule is Clc1nnc(Nc2ccnc(N3CCC[C@H]3Cc3ccccc3)n2)cc1-c1ccccc1. The zero-order valence-electron chi connectivity index (χ0n) is 17.5. The highest BCUT2D eigenvalue weighted by atomic mass is 35.5. The average Bonchev–Trinajstić information content (AvgIpc) is 3.30. The van der Waals surface area contributed by atoms with Crippen molar-refractivity contribution in [1.29, 1.82) is 0 Å². The molecule has 0 radical (unpaired) electrons. The molecule has 1 atom stereocenters. The first-order valence-corrected chi connectivity index (χ1v) is 11.1. The summed E-state index contributed by atoms with van der Waals surface area (Å²) in [4.78, 5) is 11.6. The van der Waals surface area contributed by atoms with Crippen molar-refractivity contribution in [3.63, 3.8) is 0 Å². The first-order valence-electron chi connectivity index (χ1n) is 10.8. The highest BCUT2D eigenvalue weighted by Crippen LogP contribution is 2.29. The highest BCUT2D eigenvalue weighted by molar-refractivity contribution is 6.32. The van der Waals surface area contributed by atoms with Gasteiger partial charge in [0.15, 0.2) is 11.0 Å². The molecule has 0 saturated carbocycles. The molecule has 0 spiro atoms. The Hall–Kier alpha value is -3.51. The lowest BCUT2D eigenvalue weighted by molar-refractivity contribution is 0.651. The topological polar surface area (TPSA) is 66.8 Å². The molecule has 6 nitrogen and oxygen atoms in total. The van der Waals surface area contributed by atoms with Crippen molar-refractivity contribution >= 4 is 29.2 Å². The van der Waals surface area contributed by atoms with E-state index in [-0.39, 0.29) is 0 Å². The molecule has 160 valence electrons. The maximum Gasteiger partial charge on any atom is 0.227 e. The summed E-state index contributed by atoms with van der Waals surface area (Å²) in [6, 6.07) is 24.6. The molecule has 2 aromatic carbocycles. The molecule has 0 unspecified atom stereocenters. The zero-order valence-corrected chi connectivity index (χ0v) is 18.3. The number of nitrogens with zero attached hydrogens (tertiary/aromatic N) is 5. The Morgan fingerprint density at radius 2 is 1.72 bits per heavy atom. The second kappa shape index (κ2) is 9.32. The molecule has 3 heterocycles. The van der Waals surface area contributed by atoms with Gasteiger partial charge in [0.1, 0.15) is 5.82 Å². The van der Waals surface area contributed by atoms with Crippen molar-refractivity contribution < 1.29 is 0 Å². The zero-order chi connectivity index (χ0) is 21.8. The smallest absolute Gasteiger partial charge is 0.227 e. The number of hydrogen-bond acceptors (Lipinski definition) is 6. The molecule has 2 aromatic heterocycles. The molecule has 1 aliphatic heterocycles. The van der Waals surface area contributed by atoms with E-state index < -0.39 is 0 Å². The Morgan fingerprint density at radius 1 is 0.938 bits per heavy atom. The maximum atomic E-state index is 6.29. The van der Waals surface area contributed by atoms with Crippen LogP contribution in [0.15, 0.2) is 79.0 Å². The summed E-state index contributed by atoms with van der Waals surface area (Å²) >= 11 is 6.29. The van der Waals surface area contributed by atoms with Crippen molar-refractivity contribution in [3.8, 4) is 11.1 Å². The number of nitrogens with one attached hydrogen (secondary N) is 1. The molecule has 1 saturated heterocycles. The fourth-order valence-corrected chi connectivity index (χ4v) is 4.34. The van der Waals surface area contributed by atoms with Crippen LogP contribution in [0.4, 0.5) is 17.6 Å². The first-order chi connectivity index (χ1) is 15.8. The molecule has 0 amide bonds. The number of anilines is 3. The Kier molecular flexibility index (Phi) is 5.94.